The van der Waals surface area contributed by atoms with E-state index in [1.165, 1.54) is 6.07 Å². The van der Waals surface area contributed by atoms with E-state index in [1.807, 2.05) is 18.2 Å². The van der Waals surface area contributed by atoms with Crippen LogP contribution in [0.2, 0.25) is 0 Å². The Morgan fingerprint density at radius 1 is 1.21 bits per heavy atom. The summed E-state index contributed by atoms with van der Waals surface area (Å²) in [5, 5.41) is 11.1. The molecule has 1 aliphatic heterocycles. The lowest BCUT2D eigenvalue weighted by Crippen LogP contribution is -1.94. The van der Waals surface area contributed by atoms with E-state index < -0.39 is 4.92 Å². The van der Waals surface area contributed by atoms with E-state index in [4.69, 9.17) is 9.47 Å². The van der Waals surface area contributed by atoms with E-state index in [0.29, 0.717) is 18.1 Å². The molecule has 5 nitrogen and oxygen atoms in total. The molecule has 3 rings (SSSR count). The molecule has 0 fully saturated rings. The second-order valence-electron chi connectivity index (χ2n) is 4.20. The van der Waals surface area contributed by atoms with Gasteiger partial charge in [-0.15, -0.1) is 0 Å². The number of ether oxygens (including phenoxy) is 2. The van der Waals surface area contributed by atoms with Crippen LogP contribution in [-0.2, 0) is 6.42 Å². The third kappa shape index (κ3) is 2.22. The van der Waals surface area contributed by atoms with Crippen molar-refractivity contribution in [2.45, 2.75) is 6.42 Å². The highest BCUT2D eigenvalue weighted by Gasteiger charge is 2.23. The zero-order chi connectivity index (χ0) is 13.2. The number of hydrogen-bond acceptors (Lipinski definition) is 4. The molecule has 19 heavy (non-hydrogen) atoms. The lowest BCUT2D eigenvalue weighted by molar-refractivity contribution is -0.385. The van der Waals surface area contributed by atoms with Crippen LogP contribution < -0.4 is 9.47 Å². The number of nitro benzene ring substituents is 1. The van der Waals surface area contributed by atoms with Crippen LogP contribution in [0.1, 0.15) is 5.56 Å². The van der Waals surface area contributed by atoms with Gasteiger partial charge in [-0.3, -0.25) is 10.1 Å². The van der Waals surface area contributed by atoms with Crippen LogP contribution in [0.5, 0.6) is 17.2 Å². The van der Waals surface area contributed by atoms with Crippen LogP contribution in [0.3, 0.4) is 0 Å². The molecule has 0 atom stereocenters. The smallest absolute Gasteiger partial charge is 0.315 e. The zero-order valence-electron chi connectivity index (χ0n) is 10.0. The summed E-state index contributed by atoms with van der Waals surface area (Å²) in [6.45, 7) is 0.557. The Labute approximate surface area is 109 Å². The quantitative estimate of drug-likeness (QED) is 0.625. The van der Waals surface area contributed by atoms with Crippen LogP contribution in [0.15, 0.2) is 42.5 Å². The molecule has 0 saturated heterocycles. The third-order valence-corrected chi connectivity index (χ3v) is 2.94. The molecule has 0 amide bonds. The Kier molecular flexibility index (Phi) is 2.79. The van der Waals surface area contributed by atoms with E-state index in [1.54, 1.807) is 18.2 Å². The molecular weight excluding hydrogens is 246 g/mol. The van der Waals surface area contributed by atoms with E-state index in [9.17, 15) is 10.1 Å². The number of hydrogen-bond donors (Lipinski definition) is 0. The highest BCUT2D eigenvalue weighted by atomic mass is 16.6. The molecule has 0 bridgehead atoms. The van der Waals surface area contributed by atoms with Crippen LogP contribution in [-0.4, -0.2) is 11.5 Å². The Morgan fingerprint density at radius 3 is 2.74 bits per heavy atom. The van der Waals surface area contributed by atoms with Gasteiger partial charge in [0.05, 0.1) is 17.6 Å². The second-order valence-corrected chi connectivity index (χ2v) is 4.20. The largest absolute Gasteiger partial charge is 0.493 e. The summed E-state index contributed by atoms with van der Waals surface area (Å²) in [5.74, 6) is 1.40. The molecule has 0 aromatic heterocycles. The molecule has 0 radical (unpaired) electrons. The first-order valence-corrected chi connectivity index (χ1v) is 5.91. The Morgan fingerprint density at radius 2 is 2.00 bits per heavy atom. The van der Waals surface area contributed by atoms with Crippen molar-refractivity contribution in [2.24, 2.45) is 0 Å². The first kappa shape index (κ1) is 11.5. The normalized spacial score (nSPS) is 12.6. The minimum Gasteiger partial charge on any atom is -0.493 e. The zero-order valence-corrected chi connectivity index (χ0v) is 10.0. The lowest BCUT2D eigenvalue weighted by atomic mass is 10.1. The predicted molar refractivity (Wildman–Crippen MR) is 68.8 cm³/mol. The molecule has 0 aliphatic carbocycles. The van der Waals surface area contributed by atoms with Gasteiger partial charge in [-0.1, -0.05) is 18.2 Å². The molecule has 1 heterocycles. The second kappa shape index (κ2) is 4.61. The summed E-state index contributed by atoms with van der Waals surface area (Å²) < 4.78 is 10.9. The number of benzene rings is 2. The lowest BCUT2D eigenvalue weighted by Gasteiger charge is -2.08. The van der Waals surface area contributed by atoms with Gasteiger partial charge in [0.2, 0.25) is 5.75 Å². The van der Waals surface area contributed by atoms with Crippen molar-refractivity contribution in [3.05, 3.63) is 58.1 Å². The summed E-state index contributed by atoms with van der Waals surface area (Å²) in [4.78, 5) is 10.6. The first-order chi connectivity index (χ1) is 9.24. The van der Waals surface area contributed by atoms with Crippen molar-refractivity contribution < 1.29 is 14.4 Å². The minimum absolute atomic E-state index is 0.0792. The maximum Gasteiger partial charge on any atom is 0.315 e. The maximum atomic E-state index is 11.1. The molecule has 1 aliphatic rings. The van der Waals surface area contributed by atoms with Crippen molar-refractivity contribution in [1.82, 2.24) is 0 Å². The number of nitrogens with zero attached hydrogens (tertiary/aromatic N) is 1. The van der Waals surface area contributed by atoms with Crippen LogP contribution >= 0.6 is 0 Å². The first-order valence-electron chi connectivity index (χ1n) is 5.91. The summed E-state index contributed by atoms with van der Waals surface area (Å²) in [6.07, 6.45) is 0.748. The van der Waals surface area contributed by atoms with Gasteiger partial charge in [-0.2, -0.15) is 0 Å². The van der Waals surface area contributed by atoms with Crippen molar-refractivity contribution >= 4 is 5.69 Å². The molecule has 0 unspecified atom stereocenters. The topological polar surface area (TPSA) is 61.6 Å². The van der Waals surface area contributed by atoms with Crippen LogP contribution in [0.4, 0.5) is 5.69 Å². The van der Waals surface area contributed by atoms with Crippen molar-refractivity contribution in [2.75, 3.05) is 6.61 Å². The van der Waals surface area contributed by atoms with Gasteiger partial charge in [-0.25, -0.2) is 0 Å². The third-order valence-electron chi connectivity index (χ3n) is 2.94. The molecule has 96 valence electrons. The monoisotopic (exact) mass is 257 g/mol. The average Bonchev–Trinajstić information content (AvgIpc) is 2.86. The molecule has 2 aromatic carbocycles. The fraction of sp³-hybridized carbons (Fsp3) is 0.143. The summed E-state index contributed by atoms with van der Waals surface area (Å²) in [7, 11) is 0. The Hall–Kier alpha value is -2.56. The highest BCUT2D eigenvalue weighted by molar-refractivity contribution is 5.57. The highest BCUT2D eigenvalue weighted by Crippen LogP contribution is 2.39. The van der Waals surface area contributed by atoms with Crippen LogP contribution in [0.25, 0.3) is 0 Å². The van der Waals surface area contributed by atoms with Gasteiger partial charge in [0.15, 0.2) is 0 Å². The molecule has 2 aromatic rings. The van der Waals surface area contributed by atoms with Gasteiger partial charge < -0.3 is 9.47 Å². The van der Waals surface area contributed by atoms with Crippen molar-refractivity contribution in [3.63, 3.8) is 0 Å². The SMILES string of the molecule is O=[N+]([O-])c1cc2c(cc1Oc1ccccc1)CCO2. The van der Waals surface area contributed by atoms with Gasteiger partial charge in [0, 0.05) is 12.0 Å². The van der Waals surface area contributed by atoms with E-state index in [-0.39, 0.29) is 11.4 Å². The summed E-state index contributed by atoms with van der Waals surface area (Å²) in [6, 6.07) is 12.1. The molecular formula is C14H11NO4. The standard InChI is InChI=1S/C14H11NO4/c16-15(17)12-9-13-10(6-7-18-13)8-14(12)19-11-4-2-1-3-5-11/h1-5,8-9H,6-7H2. The van der Waals surface area contributed by atoms with Crippen molar-refractivity contribution in [1.29, 1.82) is 0 Å². The van der Waals surface area contributed by atoms with E-state index in [2.05, 4.69) is 0 Å². The van der Waals surface area contributed by atoms with E-state index in [0.717, 1.165) is 12.0 Å². The fourth-order valence-electron chi connectivity index (χ4n) is 2.03. The maximum absolute atomic E-state index is 11.1. The fourth-order valence-corrected chi connectivity index (χ4v) is 2.03. The van der Waals surface area contributed by atoms with Crippen molar-refractivity contribution in [3.8, 4) is 17.2 Å². The van der Waals surface area contributed by atoms with Gasteiger partial charge >= 0.3 is 5.69 Å². The predicted octanol–water partition coefficient (Wildman–Crippen LogP) is 3.32. The van der Waals surface area contributed by atoms with Crippen LogP contribution in [0, 0.1) is 10.1 Å². The average molecular weight is 257 g/mol. The summed E-state index contributed by atoms with van der Waals surface area (Å²) >= 11 is 0. The Balaban J connectivity index is 2.02. The van der Waals surface area contributed by atoms with Gasteiger partial charge in [-0.05, 0) is 18.2 Å². The van der Waals surface area contributed by atoms with Gasteiger partial charge in [0.1, 0.15) is 11.5 Å². The Bertz CT molecular complexity index is 625. The molecule has 0 spiro atoms. The van der Waals surface area contributed by atoms with Gasteiger partial charge in [0.25, 0.3) is 0 Å². The number of nitro groups is 1. The number of fused-ring (bicyclic) bond motifs is 1. The van der Waals surface area contributed by atoms with E-state index >= 15 is 0 Å². The minimum atomic E-state index is -0.458. The summed E-state index contributed by atoms with van der Waals surface area (Å²) in [5.41, 5.74) is 0.862. The number of rotatable bonds is 3. The number of para-hydroxylation sites is 1. The molecule has 5 heteroatoms. The molecule has 0 N–H and O–H groups in total. The molecule has 0 saturated carbocycles.